The van der Waals surface area contributed by atoms with E-state index in [9.17, 15) is 14.3 Å². The van der Waals surface area contributed by atoms with Gasteiger partial charge < -0.3 is 9.84 Å². The summed E-state index contributed by atoms with van der Waals surface area (Å²) in [5.41, 5.74) is 1.25. The van der Waals surface area contributed by atoms with Crippen molar-refractivity contribution >= 4 is 23.7 Å². The second-order valence-corrected chi connectivity index (χ2v) is 5.54. The Bertz CT molecular complexity index is 715. The Morgan fingerprint density at radius 2 is 2.14 bits per heavy atom. The van der Waals surface area contributed by atoms with Gasteiger partial charge in [-0.3, -0.25) is 13.8 Å². The Labute approximate surface area is 131 Å². The topological polar surface area (TPSA) is 61.8 Å². The van der Waals surface area contributed by atoms with E-state index in [-0.39, 0.29) is 23.9 Å². The summed E-state index contributed by atoms with van der Waals surface area (Å²) < 4.78 is 23.4. The number of nitrogens with zero attached hydrogens (tertiary/aromatic N) is 1. The number of nitrogens with one attached hydrogen (secondary N) is 1. The van der Waals surface area contributed by atoms with Crippen LogP contribution in [0, 0.1) is 5.82 Å². The highest BCUT2D eigenvalue weighted by atomic mass is 32.2. The molecule has 1 amide bonds. The predicted molar refractivity (Wildman–Crippen MR) is 83.1 cm³/mol. The Hall–Kier alpha value is -2.41. The van der Waals surface area contributed by atoms with Crippen molar-refractivity contribution < 1.29 is 19.0 Å². The van der Waals surface area contributed by atoms with Gasteiger partial charge in [0.1, 0.15) is 23.7 Å². The number of methoxy groups -OCH3 is 1. The van der Waals surface area contributed by atoms with Gasteiger partial charge in [0, 0.05) is 0 Å². The number of phenolic OH excluding ortho intramolecular Hbond substituents is 1. The number of halogens is 1. The molecule has 114 valence electrons. The number of rotatable bonds is 3. The first-order chi connectivity index (χ1) is 10.6. The molecule has 0 bridgehead atoms. The van der Waals surface area contributed by atoms with Crippen LogP contribution in [0.2, 0.25) is 0 Å². The van der Waals surface area contributed by atoms with Gasteiger partial charge in [-0.1, -0.05) is 12.1 Å². The number of anilines is 1. The minimum Gasteiger partial charge on any atom is -0.506 e. The maximum absolute atomic E-state index is 14.4. The summed E-state index contributed by atoms with van der Waals surface area (Å²) >= 11 is 0.953. The summed E-state index contributed by atoms with van der Waals surface area (Å²) in [6, 6.07) is 9.92. The van der Waals surface area contributed by atoms with Crippen molar-refractivity contribution in [3.05, 3.63) is 42.2 Å². The first-order valence-electron chi connectivity index (χ1n) is 6.49. The molecule has 0 atom stereocenters. The molecular weight excluding hydrogens is 307 g/mol. The molecule has 5 nitrogen and oxygen atoms in total. The Balaban J connectivity index is 2.00. The van der Waals surface area contributed by atoms with Crippen LogP contribution in [0.15, 0.2) is 36.4 Å². The van der Waals surface area contributed by atoms with Crippen LogP contribution in [0.3, 0.4) is 0 Å². The predicted octanol–water partition coefficient (Wildman–Crippen LogP) is 2.71. The molecule has 1 saturated heterocycles. The summed E-state index contributed by atoms with van der Waals surface area (Å²) in [6.07, 6.45) is 0. The normalized spacial score (nSPS) is 14.1. The fraction of sp³-hybridized carbons (Fsp3) is 0.133. The molecule has 3 rings (SSSR count). The van der Waals surface area contributed by atoms with Gasteiger partial charge in [0.15, 0.2) is 5.82 Å². The number of carbonyl (C=O) groups is 1. The molecule has 1 aliphatic rings. The molecule has 2 aromatic rings. The highest BCUT2D eigenvalue weighted by molar-refractivity contribution is 7.99. The van der Waals surface area contributed by atoms with Crippen LogP contribution in [-0.2, 0) is 4.79 Å². The van der Waals surface area contributed by atoms with E-state index in [0.29, 0.717) is 11.3 Å². The van der Waals surface area contributed by atoms with Crippen molar-refractivity contribution in [3.8, 4) is 22.6 Å². The Kier molecular flexibility index (Phi) is 3.81. The van der Waals surface area contributed by atoms with Crippen LogP contribution < -0.4 is 13.8 Å². The van der Waals surface area contributed by atoms with Gasteiger partial charge in [-0.15, -0.1) is 0 Å². The monoisotopic (exact) mass is 320 g/mol. The lowest BCUT2D eigenvalue weighted by Crippen LogP contribution is -2.16. The lowest BCUT2D eigenvalue weighted by molar-refractivity contribution is -0.117. The van der Waals surface area contributed by atoms with E-state index < -0.39 is 5.82 Å². The maximum Gasteiger partial charge on any atom is 0.251 e. The molecule has 1 heterocycles. The first kappa shape index (κ1) is 14.5. The number of benzene rings is 2. The molecule has 2 aromatic carbocycles. The summed E-state index contributed by atoms with van der Waals surface area (Å²) in [4.78, 5) is 11.2. The molecule has 0 unspecified atom stereocenters. The number of amides is 1. The van der Waals surface area contributed by atoms with Gasteiger partial charge >= 0.3 is 0 Å². The van der Waals surface area contributed by atoms with Crippen LogP contribution in [0.1, 0.15) is 0 Å². The van der Waals surface area contributed by atoms with Crippen molar-refractivity contribution in [2.75, 3.05) is 18.0 Å². The molecule has 0 spiro atoms. The van der Waals surface area contributed by atoms with Crippen molar-refractivity contribution in [1.82, 2.24) is 4.72 Å². The molecule has 1 fully saturated rings. The second kappa shape index (κ2) is 5.76. The number of phenols is 1. The van der Waals surface area contributed by atoms with Crippen LogP contribution in [0.25, 0.3) is 11.1 Å². The fourth-order valence-electron chi connectivity index (χ4n) is 2.23. The smallest absolute Gasteiger partial charge is 0.251 e. The molecule has 0 radical (unpaired) electrons. The van der Waals surface area contributed by atoms with Gasteiger partial charge in [0.05, 0.1) is 19.2 Å². The van der Waals surface area contributed by atoms with Crippen LogP contribution in [0.5, 0.6) is 11.5 Å². The number of aromatic hydroxyl groups is 1. The van der Waals surface area contributed by atoms with E-state index in [4.69, 9.17) is 4.74 Å². The van der Waals surface area contributed by atoms with E-state index in [1.54, 1.807) is 31.4 Å². The van der Waals surface area contributed by atoms with Gasteiger partial charge in [0.2, 0.25) is 0 Å². The summed E-state index contributed by atoms with van der Waals surface area (Å²) in [5.74, 6) is -0.407. The summed E-state index contributed by atoms with van der Waals surface area (Å²) in [6.45, 7) is -0.00630. The van der Waals surface area contributed by atoms with Crippen LogP contribution in [-0.4, -0.2) is 24.7 Å². The van der Waals surface area contributed by atoms with Crippen LogP contribution >= 0.6 is 12.1 Å². The van der Waals surface area contributed by atoms with E-state index >= 15 is 0 Å². The first-order valence-corrected chi connectivity index (χ1v) is 7.26. The third kappa shape index (κ3) is 2.67. The Morgan fingerprint density at radius 1 is 1.32 bits per heavy atom. The quantitative estimate of drug-likeness (QED) is 0.852. The lowest BCUT2D eigenvalue weighted by Gasteiger charge is -2.17. The third-order valence-corrected chi connectivity index (χ3v) is 4.10. The fourth-order valence-corrected chi connectivity index (χ4v) is 2.96. The van der Waals surface area contributed by atoms with E-state index in [2.05, 4.69) is 4.72 Å². The summed E-state index contributed by atoms with van der Waals surface area (Å²) in [7, 11) is 1.55. The van der Waals surface area contributed by atoms with Crippen molar-refractivity contribution in [3.63, 3.8) is 0 Å². The molecule has 0 aliphatic carbocycles. The molecule has 1 aliphatic heterocycles. The standard InChI is InChI=1S/C15H13FN2O3S/c1-21-11-4-2-3-9(5-11)10-6-12(16)15(13(19)7-10)18-8-14(20)17-22-18/h2-7,19H,8H2,1H3,(H,17,20). The SMILES string of the molecule is COc1cccc(-c2cc(O)c(N3CC(=O)NS3)c(F)c2)c1. The minimum atomic E-state index is -0.596. The van der Waals surface area contributed by atoms with Crippen molar-refractivity contribution in [2.45, 2.75) is 0 Å². The third-order valence-electron chi connectivity index (χ3n) is 3.25. The van der Waals surface area contributed by atoms with Crippen LogP contribution in [0.4, 0.5) is 10.1 Å². The second-order valence-electron chi connectivity index (χ2n) is 4.71. The lowest BCUT2D eigenvalue weighted by atomic mass is 10.0. The zero-order valence-corrected chi connectivity index (χ0v) is 12.5. The van der Waals surface area contributed by atoms with Gasteiger partial charge in [0.25, 0.3) is 5.91 Å². The van der Waals surface area contributed by atoms with E-state index in [1.807, 2.05) is 0 Å². The number of hydrogen-bond donors (Lipinski definition) is 2. The number of ether oxygens (including phenoxy) is 1. The molecule has 22 heavy (non-hydrogen) atoms. The zero-order chi connectivity index (χ0) is 15.7. The highest BCUT2D eigenvalue weighted by Gasteiger charge is 2.26. The zero-order valence-electron chi connectivity index (χ0n) is 11.7. The molecule has 2 N–H and O–H groups in total. The average molecular weight is 320 g/mol. The van der Waals surface area contributed by atoms with E-state index in [0.717, 1.165) is 17.7 Å². The number of carbonyl (C=O) groups excluding carboxylic acids is 1. The van der Waals surface area contributed by atoms with Crippen molar-refractivity contribution in [2.24, 2.45) is 0 Å². The van der Waals surface area contributed by atoms with Gasteiger partial charge in [-0.05, 0) is 35.4 Å². The molecular formula is C15H13FN2O3S. The van der Waals surface area contributed by atoms with E-state index in [1.165, 1.54) is 16.4 Å². The van der Waals surface area contributed by atoms with Gasteiger partial charge in [-0.25, -0.2) is 4.39 Å². The molecule has 0 saturated carbocycles. The molecule has 7 heteroatoms. The number of hydrogen-bond acceptors (Lipinski definition) is 5. The summed E-state index contributed by atoms with van der Waals surface area (Å²) in [5, 5.41) is 10.1. The Morgan fingerprint density at radius 3 is 2.77 bits per heavy atom. The average Bonchev–Trinajstić information content (AvgIpc) is 2.92. The largest absolute Gasteiger partial charge is 0.506 e. The molecule has 0 aromatic heterocycles. The van der Waals surface area contributed by atoms with Crippen molar-refractivity contribution in [1.29, 1.82) is 0 Å². The minimum absolute atomic E-state index is 0.00463. The van der Waals surface area contributed by atoms with Gasteiger partial charge in [-0.2, -0.15) is 0 Å². The highest BCUT2D eigenvalue weighted by Crippen LogP contribution is 2.39. The maximum atomic E-state index is 14.4.